The first kappa shape index (κ1) is 22.6. The third-order valence-corrected chi connectivity index (χ3v) is 7.46. The zero-order valence-corrected chi connectivity index (χ0v) is 18.8. The van der Waals surface area contributed by atoms with Crippen molar-refractivity contribution in [3.63, 3.8) is 0 Å². The van der Waals surface area contributed by atoms with Crippen LogP contribution in [0.3, 0.4) is 0 Å². The van der Waals surface area contributed by atoms with E-state index in [9.17, 15) is 13.2 Å². The third kappa shape index (κ3) is 5.53. The Morgan fingerprint density at radius 2 is 1.80 bits per heavy atom. The van der Waals surface area contributed by atoms with E-state index >= 15 is 0 Å². The van der Waals surface area contributed by atoms with Gasteiger partial charge in [-0.15, -0.1) is 0 Å². The fourth-order valence-electron chi connectivity index (χ4n) is 3.56. The number of likely N-dealkylation sites (tertiary alicyclic amines) is 1. The Hall–Kier alpha value is -2.09. The molecule has 2 aromatic carbocycles. The average Bonchev–Trinajstić information content (AvgIpc) is 2.77. The molecular weight excluding hydrogens is 422 g/mol. The van der Waals surface area contributed by atoms with Gasteiger partial charge in [0.2, 0.25) is 0 Å². The number of anilines is 1. The molecule has 0 aliphatic carbocycles. The molecule has 0 saturated carbocycles. The summed E-state index contributed by atoms with van der Waals surface area (Å²) >= 11 is 6.19. The fraction of sp³-hybridized carbons (Fsp3) is 0.409. The topological polar surface area (TPSA) is 69.7 Å². The van der Waals surface area contributed by atoms with Gasteiger partial charge in [0.15, 0.2) is 0 Å². The quantitative estimate of drug-likeness (QED) is 0.623. The van der Waals surface area contributed by atoms with E-state index in [-0.39, 0.29) is 21.4 Å². The number of nitrogens with zero attached hydrogens (tertiary/aromatic N) is 2. The summed E-state index contributed by atoms with van der Waals surface area (Å²) < 4.78 is 27.2. The highest BCUT2D eigenvalue weighted by molar-refractivity contribution is 7.92. The number of piperidine rings is 1. The van der Waals surface area contributed by atoms with Crippen molar-refractivity contribution in [2.24, 2.45) is 0 Å². The van der Waals surface area contributed by atoms with Crippen LogP contribution in [0.25, 0.3) is 0 Å². The van der Waals surface area contributed by atoms with Crippen LogP contribution < -0.4 is 9.62 Å². The van der Waals surface area contributed by atoms with Crippen molar-refractivity contribution < 1.29 is 13.2 Å². The molecule has 30 heavy (non-hydrogen) atoms. The number of carbonyl (C=O) groups excluding carboxylic acids is 1. The zero-order valence-electron chi connectivity index (χ0n) is 17.2. The molecule has 1 fully saturated rings. The summed E-state index contributed by atoms with van der Waals surface area (Å²) in [5.74, 6) is -0.363. The van der Waals surface area contributed by atoms with E-state index in [0.29, 0.717) is 12.2 Å². The molecule has 1 N–H and O–H groups in total. The molecule has 1 amide bonds. The van der Waals surface area contributed by atoms with E-state index in [4.69, 9.17) is 11.6 Å². The molecule has 162 valence electrons. The Morgan fingerprint density at radius 3 is 2.50 bits per heavy atom. The van der Waals surface area contributed by atoms with Gasteiger partial charge in [-0.25, -0.2) is 8.42 Å². The van der Waals surface area contributed by atoms with Crippen LogP contribution in [-0.2, 0) is 10.0 Å². The number of hydrogen-bond donors (Lipinski definition) is 1. The molecule has 6 nitrogen and oxygen atoms in total. The van der Waals surface area contributed by atoms with Crippen molar-refractivity contribution in [2.45, 2.75) is 30.6 Å². The molecule has 0 aromatic heterocycles. The molecule has 1 aliphatic rings. The average molecular weight is 450 g/mol. The predicted molar refractivity (Wildman–Crippen MR) is 121 cm³/mol. The molecule has 8 heteroatoms. The number of carbonyl (C=O) groups is 1. The van der Waals surface area contributed by atoms with Gasteiger partial charge in [-0.2, -0.15) is 0 Å². The maximum atomic E-state index is 13.0. The van der Waals surface area contributed by atoms with Gasteiger partial charge in [-0.1, -0.05) is 36.2 Å². The molecule has 0 atom stereocenters. The Balaban J connectivity index is 1.66. The maximum Gasteiger partial charge on any atom is 0.264 e. The largest absolute Gasteiger partial charge is 0.352 e. The Kier molecular flexibility index (Phi) is 7.75. The van der Waals surface area contributed by atoms with Gasteiger partial charge in [0.25, 0.3) is 15.9 Å². The van der Waals surface area contributed by atoms with Gasteiger partial charge < -0.3 is 10.2 Å². The monoisotopic (exact) mass is 449 g/mol. The van der Waals surface area contributed by atoms with Crippen molar-refractivity contribution >= 4 is 33.2 Å². The Morgan fingerprint density at radius 1 is 1.10 bits per heavy atom. The number of benzene rings is 2. The van der Waals surface area contributed by atoms with Gasteiger partial charge in [0.1, 0.15) is 0 Å². The number of sulfonamides is 1. The highest BCUT2D eigenvalue weighted by atomic mass is 35.5. The zero-order chi connectivity index (χ0) is 21.6. The molecule has 0 spiro atoms. The number of halogens is 1. The van der Waals surface area contributed by atoms with E-state index in [0.717, 1.165) is 26.1 Å². The number of nitrogens with one attached hydrogen (secondary N) is 1. The Labute approximate surface area is 183 Å². The summed E-state index contributed by atoms with van der Waals surface area (Å²) in [7, 11) is -2.33. The van der Waals surface area contributed by atoms with Gasteiger partial charge in [0.05, 0.1) is 21.2 Å². The van der Waals surface area contributed by atoms with Crippen LogP contribution in [0.1, 0.15) is 36.0 Å². The van der Waals surface area contributed by atoms with Crippen LogP contribution in [0.4, 0.5) is 5.69 Å². The number of rotatable bonds is 8. The second-order valence-electron chi connectivity index (χ2n) is 7.46. The summed E-state index contributed by atoms with van der Waals surface area (Å²) in [6.45, 7) is 3.71. The molecule has 2 aromatic rings. The molecule has 0 unspecified atom stereocenters. The van der Waals surface area contributed by atoms with Gasteiger partial charge in [-0.05, 0) is 69.2 Å². The second kappa shape index (κ2) is 10.3. The minimum absolute atomic E-state index is 0.0247. The summed E-state index contributed by atoms with van der Waals surface area (Å²) in [5, 5.41) is 3.09. The first-order valence-electron chi connectivity index (χ1n) is 10.2. The molecular formula is C22H28ClN3O3S. The predicted octanol–water partition coefficient (Wildman–Crippen LogP) is 3.77. The van der Waals surface area contributed by atoms with Crippen molar-refractivity contribution in [1.29, 1.82) is 0 Å². The summed E-state index contributed by atoms with van der Waals surface area (Å²) in [4.78, 5) is 15.1. The normalized spacial score (nSPS) is 15.0. The van der Waals surface area contributed by atoms with Crippen LogP contribution in [0.2, 0.25) is 5.02 Å². The lowest BCUT2D eigenvalue weighted by Gasteiger charge is -2.26. The highest BCUT2D eigenvalue weighted by Gasteiger charge is 2.23. The lowest BCUT2D eigenvalue weighted by atomic mass is 10.1. The number of para-hydroxylation sites is 1. The van der Waals surface area contributed by atoms with Crippen molar-refractivity contribution in [3.8, 4) is 0 Å². The van der Waals surface area contributed by atoms with Crippen LogP contribution >= 0.6 is 11.6 Å². The van der Waals surface area contributed by atoms with E-state index in [2.05, 4.69) is 10.2 Å². The molecule has 1 aliphatic heterocycles. The van der Waals surface area contributed by atoms with Crippen molar-refractivity contribution in [1.82, 2.24) is 10.2 Å². The second-order valence-corrected chi connectivity index (χ2v) is 9.84. The van der Waals surface area contributed by atoms with Gasteiger partial charge in [-0.3, -0.25) is 9.10 Å². The highest BCUT2D eigenvalue weighted by Crippen LogP contribution is 2.25. The van der Waals surface area contributed by atoms with E-state index in [1.807, 2.05) is 6.07 Å². The minimum Gasteiger partial charge on any atom is -0.352 e. The lowest BCUT2D eigenvalue weighted by Crippen LogP contribution is -2.33. The summed E-state index contributed by atoms with van der Waals surface area (Å²) in [5.41, 5.74) is 0.702. The standard InChI is InChI=1S/C22H28ClN3O3S/c1-25(18-9-4-2-5-10-18)30(28,29)19-11-12-21(23)20(17-19)22(27)24-13-8-16-26-14-6-3-7-15-26/h2,4-5,9-12,17H,3,6-8,13-16H2,1H3,(H,24,27). The van der Waals surface area contributed by atoms with Crippen molar-refractivity contribution in [2.75, 3.05) is 37.5 Å². The first-order valence-corrected chi connectivity index (χ1v) is 12.1. The number of hydrogen-bond acceptors (Lipinski definition) is 4. The molecule has 0 bridgehead atoms. The smallest absolute Gasteiger partial charge is 0.264 e. The Bertz CT molecular complexity index is 961. The van der Waals surface area contributed by atoms with Crippen LogP contribution in [0.15, 0.2) is 53.4 Å². The van der Waals surface area contributed by atoms with Crippen LogP contribution in [0.5, 0.6) is 0 Å². The minimum atomic E-state index is -3.82. The molecule has 1 heterocycles. The molecule has 3 rings (SSSR count). The summed E-state index contributed by atoms with van der Waals surface area (Å²) in [6.07, 6.45) is 4.61. The first-order chi connectivity index (χ1) is 14.4. The van der Waals surface area contributed by atoms with Crippen LogP contribution in [-0.4, -0.2) is 52.5 Å². The van der Waals surface area contributed by atoms with Gasteiger partial charge in [0, 0.05) is 13.6 Å². The fourth-order valence-corrected chi connectivity index (χ4v) is 4.98. The van der Waals surface area contributed by atoms with Gasteiger partial charge >= 0.3 is 0 Å². The maximum absolute atomic E-state index is 13.0. The van der Waals surface area contributed by atoms with Crippen LogP contribution in [0, 0.1) is 0 Å². The number of amides is 1. The van der Waals surface area contributed by atoms with E-state index in [1.54, 1.807) is 24.3 Å². The lowest BCUT2D eigenvalue weighted by molar-refractivity contribution is 0.0951. The third-order valence-electron chi connectivity index (χ3n) is 5.35. The summed E-state index contributed by atoms with van der Waals surface area (Å²) in [6, 6.07) is 13.0. The van der Waals surface area contributed by atoms with E-state index < -0.39 is 10.0 Å². The molecule has 0 radical (unpaired) electrons. The SMILES string of the molecule is CN(c1ccccc1)S(=O)(=O)c1ccc(Cl)c(C(=O)NCCCN2CCCCC2)c1. The molecule has 1 saturated heterocycles. The van der Waals surface area contributed by atoms with E-state index in [1.165, 1.54) is 48.8 Å². The van der Waals surface area contributed by atoms with Crippen molar-refractivity contribution in [3.05, 3.63) is 59.1 Å².